The van der Waals surface area contributed by atoms with E-state index in [1.807, 2.05) is 6.20 Å². The number of aromatic nitrogens is 2. The van der Waals surface area contributed by atoms with Crippen molar-refractivity contribution in [3.8, 4) is 0 Å². The number of amides is 1. The Morgan fingerprint density at radius 1 is 1.09 bits per heavy atom. The summed E-state index contributed by atoms with van der Waals surface area (Å²) in [5.41, 5.74) is 5.73. The lowest BCUT2D eigenvalue weighted by atomic mass is 10.1. The van der Waals surface area contributed by atoms with Crippen molar-refractivity contribution in [1.29, 1.82) is 0 Å². The first-order valence-electron chi connectivity index (χ1n) is 11.0. The topological polar surface area (TPSA) is 122 Å². The van der Waals surface area contributed by atoms with E-state index in [0.29, 0.717) is 31.1 Å². The van der Waals surface area contributed by atoms with E-state index in [9.17, 15) is 13.2 Å². The summed E-state index contributed by atoms with van der Waals surface area (Å²) < 4.78 is 23.2. The standard InChI is InChI=1S/C24H26N6O3S/c1-15-6-16(2)8-19(7-15)27-24-26-10-18-11-29(14-22(18)28-24)20-12-30(13-20)23(31)17-4-3-5-21(9-17)34(25,32)33/h3-10,20H,11-14H2,1-2H3,(H2,25,32,33)(H,26,27,28). The van der Waals surface area contributed by atoms with E-state index in [0.717, 1.165) is 23.5 Å². The zero-order valence-electron chi connectivity index (χ0n) is 19.0. The summed E-state index contributed by atoms with van der Waals surface area (Å²) in [5, 5.41) is 8.48. The van der Waals surface area contributed by atoms with Crippen LogP contribution < -0.4 is 10.5 Å². The molecular weight excluding hydrogens is 452 g/mol. The number of hydrogen-bond donors (Lipinski definition) is 2. The SMILES string of the molecule is Cc1cc(C)cc(Nc2ncc3c(n2)CN(C2CN(C(=O)c4cccc(S(N)(=O)=O)c4)C2)C3)c1. The number of carbonyl (C=O) groups excluding carboxylic acids is 1. The van der Waals surface area contributed by atoms with Crippen LogP contribution in [0.15, 0.2) is 53.6 Å². The Morgan fingerprint density at radius 3 is 2.53 bits per heavy atom. The molecule has 0 saturated carbocycles. The molecule has 0 aliphatic carbocycles. The van der Waals surface area contributed by atoms with Gasteiger partial charge in [-0.25, -0.2) is 23.5 Å². The highest BCUT2D eigenvalue weighted by molar-refractivity contribution is 7.89. The van der Waals surface area contributed by atoms with Crippen molar-refractivity contribution < 1.29 is 13.2 Å². The molecule has 1 saturated heterocycles. The van der Waals surface area contributed by atoms with Gasteiger partial charge in [-0.15, -0.1) is 0 Å². The predicted molar refractivity (Wildman–Crippen MR) is 128 cm³/mol. The second kappa shape index (κ2) is 8.46. The predicted octanol–water partition coefficient (Wildman–Crippen LogP) is 2.32. The zero-order valence-corrected chi connectivity index (χ0v) is 19.8. The number of nitrogens with two attached hydrogens (primary N) is 1. The molecule has 0 radical (unpaired) electrons. The minimum Gasteiger partial charge on any atom is -0.335 e. The average Bonchev–Trinajstić information content (AvgIpc) is 3.14. The maximum absolute atomic E-state index is 12.8. The highest BCUT2D eigenvalue weighted by atomic mass is 32.2. The Hall–Kier alpha value is -3.34. The van der Waals surface area contributed by atoms with Crippen LogP contribution in [0.5, 0.6) is 0 Å². The van der Waals surface area contributed by atoms with Gasteiger partial charge in [0.1, 0.15) is 0 Å². The molecule has 176 valence electrons. The molecule has 0 atom stereocenters. The molecule has 2 aliphatic heterocycles. The number of benzene rings is 2. The Labute approximate surface area is 198 Å². The molecular formula is C24H26N6O3S. The smallest absolute Gasteiger partial charge is 0.254 e. The van der Waals surface area contributed by atoms with Gasteiger partial charge in [0.2, 0.25) is 16.0 Å². The summed E-state index contributed by atoms with van der Waals surface area (Å²) in [7, 11) is -3.85. The van der Waals surface area contributed by atoms with Gasteiger partial charge in [0.05, 0.1) is 10.6 Å². The van der Waals surface area contributed by atoms with Gasteiger partial charge in [0.25, 0.3) is 5.91 Å². The molecule has 34 heavy (non-hydrogen) atoms. The van der Waals surface area contributed by atoms with E-state index in [-0.39, 0.29) is 16.8 Å². The van der Waals surface area contributed by atoms with Gasteiger partial charge in [-0.1, -0.05) is 12.1 Å². The second-order valence-electron chi connectivity index (χ2n) is 9.01. The van der Waals surface area contributed by atoms with E-state index in [2.05, 4.69) is 47.2 Å². The summed E-state index contributed by atoms with van der Waals surface area (Å²) in [6.45, 7) is 6.72. The highest BCUT2D eigenvalue weighted by Crippen LogP contribution is 2.29. The first kappa shape index (κ1) is 22.5. The molecule has 0 unspecified atom stereocenters. The molecule has 0 bridgehead atoms. The number of rotatable bonds is 5. The Kier molecular flexibility index (Phi) is 5.59. The molecule has 3 aromatic rings. The molecule has 2 aromatic carbocycles. The first-order valence-corrected chi connectivity index (χ1v) is 12.6. The van der Waals surface area contributed by atoms with Crippen molar-refractivity contribution in [1.82, 2.24) is 19.8 Å². The van der Waals surface area contributed by atoms with Crippen LogP contribution in [0.3, 0.4) is 0 Å². The number of primary sulfonamides is 1. The Balaban J connectivity index is 1.21. The fraction of sp³-hybridized carbons (Fsp3) is 0.292. The zero-order chi connectivity index (χ0) is 24.0. The molecule has 3 heterocycles. The van der Waals surface area contributed by atoms with E-state index in [1.54, 1.807) is 11.0 Å². The van der Waals surface area contributed by atoms with Crippen LogP contribution >= 0.6 is 0 Å². The molecule has 5 rings (SSSR count). The molecule has 1 aromatic heterocycles. The molecule has 10 heteroatoms. The van der Waals surface area contributed by atoms with Crippen LogP contribution in [0, 0.1) is 13.8 Å². The number of hydrogen-bond acceptors (Lipinski definition) is 7. The third kappa shape index (κ3) is 4.52. The monoisotopic (exact) mass is 478 g/mol. The number of nitrogens with one attached hydrogen (secondary N) is 1. The van der Waals surface area contributed by atoms with Crippen molar-refractivity contribution >= 4 is 27.6 Å². The van der Waals surface area contributed by atoms with Crippen LogP contribution in [0.4, 0.5) is 11.6 Å². The van der Waals surface area contributed by atoms with E-state index < -0.39 is 10.0 Å². The lowest BCUT2D eigenvalue weighted by Crippen LogP contribution is -2.59. The third-order valence-corrected chi connectivity index (χ3v) is 7.14. The minimum absolute atomic E-state index is 0.0609. The van der Waals surface area contributed by atoms with Crippen molar-refractivity contribution in [2.75, 3.05) is 18.4 Å². The fourth-order valence-corrected chi connectivity index (χ4v) is 5.07. The normalized spacial score (nSPS) is 16.3. The van der Waals surface area contributed by atoms with Crippen LogP contribution in [-0.2, 0) is 23.1 Å². The molecule has 3 N–H and O–H groups in total. The second-order valence-corrected chi connectivity index (χ2v) is 10.6. The third-order valence-electron chi connectivity index (χ3n) is 6.23. The lowest BCUT2D eigenvalue weighted by molar-refractivity contribution is 0.0248. The molecule has 1 fully saturated rings. The van der Waals surface area contributed by atoms with Crippen molar-refractivity contribution in [3.63, 3.8) is 0 Å². The number of likely N-dealkylation sites (tertiary alicyclic amines) is 1. The summed E-state index contributed by atoms with van der Waals surface area (Å²) in [6, 6.07) is 12.3. The number of nitrogens with zero attached hydrogens (tertiary/aromatic N) is 4. The number of anilines is 2. The molecule has 1 amide bonds. The van der Waals surface area contributed by atoms with Crippen molar-refractivity contribution in [3.05, 3.63) is 76.6 Å². The van der Waals surface area contributed by atoms with Crippen LogP contribution in [0.25, 0.3) is 0 Å². The van der Waals surface area contributed by atoms with Gasteiger partial charge < -0.3 is 10.2 Å². The van der Waals surface area contributed by atoms with Gasteiger partial charge >= 0.3 is 0 Å². The van der Waals surface area contributed by atoms with Gasteiger partial charge in [-0.3, -0.25) is 9.69 Å². The van der Waals surface area contributed by atoms with Crippen LogP contribution in [-0.4, -0.2) is 53.2 Å². The van der Waals surface area contributed by atoms with Gasteiger partial charge in [-0.05, 0) is 55.3 Å². The summed E-state index contributed by atoms with van der Waals surface area (Å²) in [5.74, 6) is 0.379. The minimum atomic E-state index is -3.85. The molecule has 2 aliphatic rings. The fourth-order valence-electron chi connectivity index (χ4n) is 4.51. The maximum Gasteiger partial charge on any atom is 0.254 e. The largest absolute Gasteiger partial charge is 0.335 e. The summed E-state index contributed by atoms with van der Waals surface area (Å²) >= 11 is 0. The van der Waals surface area contributed by atoms with Gasteiger partial charge in [0, 0.05) is 55.2 Å². The maximum atomic E-state index is 12.8. The summed E-state index contributed by atoms with van der Waals surface area (Å²) in [4.78, 5) is 25.9. The number of carbonyl (C=O) groups is 1. The van der Waals surface area contributed by atoms with Crippen LogP contribution in [0.1, 0.15) is 32.7 Å². The summed E-state index contributed by atoms with van der Waals surface area (Å²) in [6.07, 6.45) is 1.87. The van der Waals surface area contributed by atoms with Gasteiger partial charge in [-0.2, -0.15) is 0 Å². The van der Waals surface area contributed by atoms with E-state index >= 15 is 0 Å². The highest BCUT2D eigenvalue weighted by Gasteiger charge is 2.38. The van der Waals surface area contributed by atoms with Crippen LogP contribution in [0.2, 0.25) is 0 Å². The number of aryl methyl sites for hydroxylation is 2. The lowest BCUT2D eigenvalue weighted by Gasteiger charge is -2.44. The number of sulfonamides is 1. The van der Waals surface area contributed by atoms with E-state index in [4.69, 9.17) is 10.1 Å². The van der Waals surface area contributed by atoms with Crippen molar-refractivity contribution in [2.45, 2.75) is 37.9 Å². The molecule has 0 spiro atoms. The quantitative estimate of drug-likeness (QED) is 0.577. The van der Waals surface area contributed by atoms with E-state index in [1.165, 1.54) is 29.3 Å². The van der Waals surface area contributed by atoms with Crippen molar-refractivity contribution in [2.24, 2.45) is 5.14 Å². The first-order chi connectivity index (χ1) is 16.2. The average molecular weight is 479 g/mol. The number of fused-ring (bicyclic) bond motifs is 1. The Morgan fingerprint density at radius 2 is 1.82 bits per heavy atom. The molecule has 9 nitrogen and oxygen atoms in total. The Bertz CT molecular complexity index is 1360. The van der Waals surface area contributed by atoms with Gasteiger partial charge in [0.15, 0.2) is 0 Å².